The lowest BCUT2D eigenvalue weighted by Gasteiger charge is -2.42. The average Bonchev–Trinajstić information content (AvgIpc) is 3.69. The largest absolute Gasteiger partial charge is 0.472 e. The molecule has 0 radical (unpaired) electrons. The summed E-state index contributed by atoms with van der Waals surface area (Å²) in [7, 11) is 0. The van der Waals surface area contributed by atoms with Crippen molar-refractivity contribution in [2.45, 2.75) is 94.6 Å². The number of hydrogen-bond acceptors (Lipinski definition) is 9. The molecular formula is C31H33F6N7O2. The zero-order valence-corrected chi connectivity index (χ0v) is 25.2. The standard InChI is InChI=1S/C31H33F6N7O2/c1-12-22(31(35,36)37)16(9-18(38)23(12)33)25-24(34)26-21-28(42-30(41-26)45-11-15-8-17(32)20-4-3-7-43(15)20)44-10-14-5-6-19(39-14)27(44)13(2)46-29(21)40-25/h9,13-15,17,19-20,27,39H,3-8,10-11,38H2,1-2H3/t13-,14+,15?,17?,19-,20?,27+/m0/s1. The van der Waals surface area contributed by atoms with Crippen LogP contribution in [-0.2, 0) is 6.18 Å². The van der Waals surface area contributed by atoms with E-state index in [0.717, 1.165) is 45.2 Å². The Morgan fingerprint density at radius 3 is 2.72 bits per heavy atom. The molecule has 7 heterocycles. The molecule has 3 aromatic rings. The van der Waals surface area contributed by atoms with Crippen molar-refractivity contribution in [3.05, 3.63) is 28.8 Å². The zero-order chi connectivity index (χ0) is 32.2. The van der Waals surface area contributed by atoms with Crippen LogP contribution in [0.5, 0.6) is 11.9 Å². The van der Waals surface area contributed by atoms with Gasteiger partial charge in [-0.3, -0.25) is 4.90 Å². The molecule has 15 heteroatoms. The number of piperazine rings is 1. The van der Waals surface area contributed by atoms with Crippen LogP contribution in [0.15, 0.2) is 6.07 Å². The van der Waals surface area contributed by atoms with Gasteiger partial charge in [0.05, 0.1) is 17.3 Å². The van der Waals surface area contributed by atoms with E-state index in [2.05, 4.69) is 20.2 Å². The number of pyridine rings is 1. The number of anilines is 2. The Balaban J connectivity index is 1.31. The maximum absolute atomic E-state index is 16.7. The minimum Gasteiger partial charge on any atom is -0.472 e. The fraction of sp³-hybridized carbons (Fsp3) is 0.581. The van der Waals surface area contributed by atoms with Gasteiger partial charge >= 0.3 is 12.2 Å². The van der Waals surface area contributed by atoms with E-state index in [0.29, 0.717) is 12.4 Å². The van der Waals surface area contributed by atoms with E-state index in [-0.39, 0.29) is 66.0 Å². The van der Waals surface area contributed by atoms with Crippen molar-refractivity contribution in [1.29, 1.82) is 0 Å². The number of halogens is 6. The summed E-state index contributed by atoms with van der Waals surface area (Å²) in [5, 5.41) is 3.70. The molecule has 0 amide bonds. The van der Waals surface area contributed by atoms with Gasteiger partial charge in [-0.1, -0.05) is 0 Å². The average molecular weight is 650 g/mol. The molecule has 7 atom stereocenters. The van der Waals surface area contributed by atoms with Crippen molar-refractivity contribution >= 4 is 22.4 Å². The Morgan fingerprint density at radius 2 is 1.93 bits per heavy atom. The van der Waals surface area contributed by atoms with Gasteiger partial charge in [-0.2, -0.15) is 23.1 Å². The third-order valence-electron chi connectivity index (χ3n) is 10.4. The first-order chi connectivity index (χ1) is 21.9. The lowest BCUT2D eigenvalue weighted by Crippen LogP contribution is -2.62. The molecule has 246 valence electrons. The molecule has 0 aliphatic carbocycles. The highest BCUT2D eigenvalue weighted by Gasteiger charge is 2.48. The van der Waals surface area contributed by atoms with Crippen LogP contribution in [-0.4, -0.2) is 82.0 Å². The maximum atomic E-state index is 16.7. The molecule has 4 fully saturated rings. The number of ether oxygens (including phenoxy) is 2. The summed E-state index contributed by atoms with van der Waals surface area (Å²) >= 11 is 0. The van der Waals surface area contributed by atoms with Crippen molar-refractivity contribution in [3.8, 4) is 23.1 Å². The van der Waals surface area contributed by atoms with Crippen molar-refractivity contribution in [1.82, 2.24) is 25.2 Å². The van der Waals surface area contributed by atoms with Crippen LogP contribution in [0, 0.1) is 18.6 Å². The SMILES string of the molecule is Cc1c(F)c(N)cc(-c2nc3c4c(nc(OCC5CC(F)C6CCCN56)nc4c2F)N2C[C@H]4CC[C@H](N4)[C@H]2[C@H](C)O3)c1C(F)(F)F. The monoisotopic (exact) mass is 649 g/mol. The fourth-order valence-corrected chi connectivity index (χ4v) is 8.45. The Kier molecular flexibility index (Phi) is 6.77. The van der Waals surface area contributed by atoms with Crippen LogP contribution >= 0.6 is 0 Å². The molecule has 1 aromatic carbocycles. The van der Waals surface area contributed by atoms with E-state index in [4.69, 9.17) is 20.2 Å². The predicted octanol–water partition coefficient (Wildman–Crippen LogP) is 4.92. The summed E-state index contributed by atoms with van der Waals surface area (Å²) in [5.41, 5.74) is 1.18. The molecule has 8 rings (SSSR count). The third kappa shape index (κ3) is 4.48. The molecule has 9 nitrogen and oxygen atoms in total. The lowest BCUT2D eigenvalue weighted by atomic mass is 9.96. The van der Waals surface area contributed by atoms with Crippen LogP contribution in [0.3, 0.4) is 0 Å². The molecule has 0 spiro atoms. The number of alkyl halides is 4. The van der Waals surface area contributed by atoms with Gasteiger partial charge in [0.2, 0.25) is 5.88 Å². The number of aromatic nitrogens is 3. The second-order valence-electron chi connectivity index (χ2n) is 13.1. The molecule has 5 aliphatic heterocycles. The molecule has 4 saturated heterocycles. The molecule has 3 unspecified atom stereocenters. The first-order valence-electron chi connectivity index (χ1n) is 15.7. The van der Waals surface area contributed by atoms with Crippen molar-refractivity contribution in [2.24, 2.45) is 0 Å². The molecule has 0 saturated carbocycles. The van der Waals surface area contributed by atoms with Crippen LogP contribution in [0.25, 0.3) is 22.2 Å². The smallest absolute Gasteiger partial charge is 0.417 e. The van der Waals surface area contributed by atoms with Crippen molar-refractivity contribution in [2.75, 3.05) is 30.3 Å². The Hall–Kier alpha value is -3.59. The first-order valence-corrected chi connectivity index (χ1v) is 15.7. The normalized spacial score (nSPS) is 30.3. The van der Waals surface area contributed by atoms with E-state index in [1.165, 1.54) is 0 Å². The zero-order valence-electron chi connectivity index (χ0n) is 25.2. The minimum atomic E-state index is -5.06. The van der Waals surface area contributed by atoms with E-state index >= 15 is 4.39 Å². The number of rotatable bonds is 4. The van der Waals surface area contributed by atoms with Crippen LogP contribution < -0.4 is 25.4 Å². The molecule has 2 aromatic heterocycles. The second kappa shape index (κ2) is 10.5. The van der Waals surface area contributed by atoms with E-state index in [1.807, 2.05) is 11.8 Å². The number of nitrogens with zero attached hydrogens (tertiary/aromatic N) is 5. The highest BCUT2D eigenvalue weighted by Crippen LogP contribution is 2.47. The van der Waals surface area contributed by atoms with Gasteiger partial charge in [-0.25, -0.2) is 18.2 Å². The van der Waals surface area contributed by atoms with Gasteiger partial charge in [0.25, 0.3) is 0 Å². The number of fused-ring (bicyclic) bond motifs is 6. The number of nitrogens with two attached hydrogens (primary N) is 1. The highest BCUT2D eigenvalue weighted by atomic mass is 19.4. The quantitative estimate of drug-likeness (QED) is 0.301. The van der Waals surface area contributed by atoms with E-state index in [9.17, 15) is 22.0 Å². The molecule has 46 heavy (non-hydrogen) atoms. The van der Waals surface area contributed by atoms with Crippen molar-refractivity contribution in [3.63, 3.8) is 0 Å². The number of nitrogens with one attached hydrogen (secondary N) is 1. The van der Waals surface area contributed by atoms with Gasteiger partial charge in [0.15, 0.2) is 5.82 Å². The van der Waals surface area contributed by atoms with E-state index < -0.39 is 58.2 Å². The number of hydrogen-bond donors (Lipinski definition) is 2. The Morgan fingerprint density at radius 1 is 1.13 bits per heavy atom. The van der Waals surface area contributed by atoms with Crippen LogP contribution in [0.4, 0.5) is 37.8 Å². The summed E-state index contributed by atoms with van der Waals surface area (Å²) in [4.78, 5) is 17.5. The van der Waals surface area contributed by atoms with Gasteiger partial charge in [0.1, 0.15) is 47.1 Å². The third-order valence-corrected chi connectivity index (χ3v) is 10.4. The van der Waals surface area contributed by atoms with E-state index in [1.54, 1.807) is 0 Å². The summed E-state index contributed by atoms with van der Waals surface area (Å²) in [5.74, 6) is -2.27. The molecule has 5 aliphatic rings. The summed E-state index contributed by atoms with van der Waals surface area (Å²) in [6, 6.07) is 0.0775. The van der Waals surface area contributed by atoms with Gasteiger partial charge in [-0.05, 0) is 64.1 Å². The molecular weight excluding hydrogens is 616 g/mol. The van der Waals surface area contributed by atoms with Crippen molar-refractivity contribution < 1.29 is 35.8 Å². The van der Waals surface area contributed by atoms with Gasteiger partial charge < -0.3 is 25.4 Å². The fourth-order valence-electron chi connectivity index (χ4n) is 8.45. The van der Waals surface area contributed by atoms with Gasteiger partial charge in [-0.15, -0.1) is 0 Å². The first kappa shape index (κ1) is 29.8. The number of nitrogen functional groups attached to an aromatic ring is 1. The summed E-state index contributed by atoms with van der Waals surface area (Å²) < 4.78 is 102. The maximum Gasteiger partial charge on any atom is 0.417 e. The summed E-state index contributed by atoms with van der Waals surface area (Å²) in [6.07, 6.45) is -2.81. The topological polar surface area (TPSA) is 102 Å². The number of benzene rings is 1. The molecule has 3 N–H and O–H groups in total. The lowest BCUT2D eigenvalue weighted by molar-refractivity contribution is -0.137. The van der Waals surface area contributed by atoms with Crippen LogP contribution in [0.2, 0.25) is 0 Å². The summed E-state index contributed by atoms with van der Waals surface area (Å²) in [6.45, 7) is 4.09. The second-order valence-corrected chi connectivity index (χ2v) is 13.1. The highest BCUT2D eigenvalue weighted by molar-refractivity contribution is 5.97. The predicted molar refractivity (Wildman–Crippen MR) is 157 cm³/mol. The Labute approximate surface area is 260 Å². The van der Waals surface area contributed by atoms with Crippen LogP contribution in [0.1, 0.15) is 50.2 Å². The minimum absolute atomic E-state index is 0.0187. The molecule has 2 bridgehead atoms. The van der Waals surface area contributed by atoms with Gasteiger partial charge in [0, 0.05) is 36.3 Å². The Bertz CT molecular complexity index is 1740.